The van der Waals surface area contributed by atoms with Gasteiger partial charge in [0, 0.05) is 0 Å². The molecule has 1 aliphatic carbocycles. The quantitative estimate of drug-likeness (QED) is 0.903. The van der Waals surface area contributed by atoms with Gasteiger partial charge in [-0.1, -0.05) is 6.07 Å². The van der Waals surface area contributed by atoms with E-state index in [1.165, 1.54) is 29.2 Å². The van der Waals surface area contributed by atoms with Crippen molar-refractivity contribution in [1.29, 1.82) is 0 Å². The molecule has 2 aromatic rings. The van der Waals surface area contributed by atoms with Gasteiger partial charge in [-0.25, -0.2) is 4.68 Å². The van der Waals surface area contributed by atoms with E-state index in [0.29, 0.717) is 18.5 Å². The summed E-state index contributed by atoms with van der Waals surface area (Å²) in [6, 6.07) is 4.73. The van der Waals surface area contributed by atoms with Gasteiger partial charge in [-0.3, -0.25) is 4.79 Å². The van der Waals surface area contributed by atoms with Crippen molar-refractivity contribution >= 4 is 11.6 Å². The normalized spacial score (nSPS) is 17.0. The first kappa shape index (κ1) is 16.5. The van der Waals surface area contributed by atoms with Crippen LogP contribution in [0.5, 0.6) is 0 Å². The van der Waals surface area contributed by atoms with Crippen LogP contribution in [0.25, 0.3) is 5.69 Å². The molecule has 0 aliphatic heterocycles. The van der Waals surface area contributed by atoms with Crippen molar-refractivity contribution < 1.29 is 23.1 Å². The highest BCUT2D eigenvalue weighted by Gasteiger charge is 2.39. The Hall–Kier alpha value is -2.35. The topological polar surface area (TPSA) is 67.2 Å². The van der Waals surface area contributed by atoms with Crippen LogP contribution in [0.3, 0.4) is 0 Å². The fraction of sp³-hybridized carbons (Fsp3) is 0.375. The monoisotopic (exact) mass is 339 g/mol. The van der Waals surface area contributed by atoms with Crippen LogP contribution in [0.15, 0.2) is 36.7 Å². The molecule has 24 heavy (non-hydrogen) atoms. The van der Waals surface area contributed by atoms with Gasteiger partial charge in [0.2, 0.25) is 0 Å². The second-order valence-corrected chi connectivity index (χ2v) is 5.91. The average Bonchev–Trinajstić information content (AvgIpc) is 3.17. The van der Waals surface area contributed by atoms with E-state index < -0.39 is 23.2 Å². The van der Waals surface area contributed by atoms with Crippen LogP contribution in [0.4, 0.5) is 18.9 Å². The van der Waals surface area contributed by atoms with Crippen molar-refractivity contribution in [3.63, 3.8) is 0 Å². The molecule has 0 atom stereocenters. The molecule has 1 aliphatic rings. The lowest BCUT2D eigenvalue weighted by Gasteiger charge is -2.20. The zero-order valence-corrected chi connectivity index (χ0v) is 12.7. The summed E-state index contributed by atoms with van der Waals surface area (Å²) >= 11 is 0. The number of aromatic nitrogens is 2. The predicted octanol–water partition coefficient (Wildman–Crippen LogP) is 3.13. The van der Waals surface area contributed by atoms with Crippen LogP contribution in [0.2, 0.25) is 0 Å². The highest BCUT2D eigenvalue weighted by atomic mass is 19.4. The molecule has 8 heteroatoms. The Morgan fingerprint density at radius 3 is 2.67 bits per heavy atom. The first-order valence-electron chi connectivity index (χ1n) is 7.54. The average molecular weight is 339 g/mol. The van der Waals surface area contributed by atoms with Gasteiger partial charge >= 0.3 is 6.18 Å². The maximum Gasteiger partial charge on any atom is 0.416 e. The Bertz CT molecular complexity index is 749. The molecule has 1 aromatic carbocycles. The number of aliphatic hydroxyl groups is 1. The number of halogens is 3. The van der Waals surface area contributed by atoms with Crippen molar-refractivity contribution in [3.05, 3.63) is 42.2 Å². The Morgan fingerprint density at radius 2 is 2.00 bits per heavy atom. The first-order chi connectivity index (χ1) is 11.3. The van der Waals surface area contributed by atoms with Gasteiger partial charge in [0.1, 0.15) is 5.60 Å². The molecule has 2 N–H and O–H groups in total. The fourth-order valence-corrected chi connectivity index (χ4v) is 2.79. The van der Waals surface area contributed by atoms with Gasteiger partial charge in [0.15, 0.2) is 0 Å². The Morgan fingerprint density at radius 1 is 1.29 bits per heavy atom. The van der Waals surface area contributed by atoms with Crippen molar-refractivity contribution in [1.82, 2.24) is 9.78 Å². The van der Waals surface area contributed by atoms with Crippen LogP contribution >= 0.6 is 0 Å². The van der Waals surface area contributed by atoms with Crippen LogP contribution in [0, 0.1) is 0 Å². The smallest absolute Gasteiger partial charge is 0.380 e. The number of carbonyl (C=O) groups excluding carboxylic acids is 1. The Labute approximate surface area is 136 Å². The number of rotatable bonds is 3. The summed E-state index contributed by atoms with van der Waals surface area (Å²) < 4.78 is 39.5. The number of nitrogens with one attached hydrogen (secondary N) is 1. The SMILES string of the molecule is O=C(Nc1cnn(-c2cccc(C(F)(F)F)c2)c1)C1(O)CCCC1. The molecular weight excluding hydrogens is 323 g/mol. The predicted molar refractivity (Wildman–Crippen MR) is 80.6 cm³/mol. The Kier molecular flexibility index (Phi) is 4.08. The van der Waals surface area contributed by atoms with Crippen molar-refractivity contribution in [2.75, 3.05) is 5.32 Å². The van der Waals surface area contributed by atoms with Gasteiger partial charge in [-0.2, -0.15) is 18.3 Å². The second-order valence-electron chi connectivity index (χ2n) is 5.91. The number of anilines is 1. The number of amides is 1. The van der Waals surface area contributed by atoms with E-state index >= 15 is 0 Å². The number of hydrogen-bond donors (Lipinski definition) is 2. The molecule has 1 aromatic heterocycles. The number of carbonyl (C=O) groups is 1. The number of nitrogens with zero attached hydrogens (tertiary/aromatic N) is 2. The fourth-order valence-electron chi connectivity index (χ4n) is 2.79. The molecule has 0 bridgehead atoms. The van der Waals surface area contributed by atoms with E-state index in [-0.39, 0.29) is 5.69 Å². The van der Waals surface area contributed by atoms with Gasteiger partial charge in [0.05, 0.1) is 29.3 Å². The molecule has 5 nitrogen and oxygen atoms in total. The highest BCUT2D eigenvalue weighted by Crippen LogP contribution is 2.31. The highest BCUT2D eigenvalue weighted by molar-refractivity contribution is 5.97. The minimum Gasteiger partial charge on any atom is -0.380 e. The molecule has 1 amide bonds. The minimum absolute atomic E-state index is 0.227. The second kappa shape index (κ2) is 5.94. The zero-order chi connectivity index (χ0) is 17.4. The minimum atomic E-state index is -4.44. The summed E-state index contributed by atoms with van der Waals surface area (Å²) in [6.07, 6.45) is 0.677. The molecule has 128 valence electrons. The molecule has 1 heterocycles. The van der Waals surface area contributed by atoms with Gasteiger partial charge in [-0.05, 0) is 43.9 Å². The molecule has 1 fully saturated rings. The van der Waals surface area contributed by atoms with Gasteiger partial charge in [-0.15, -0.1) is 0 Å². The lowest BCUT2D eigenvalue weighted by Crippen LogP contribution is -2.40. The molecule has 0 radical (unpaired) electrons. The maximum absolute atomic E-state index is 12.8. The lowest BCUT2D eigenvalue weighted by molar-refractivity contribution is -0.137. The van der Waals surface area contributed by atoms with Crippen LogP contribution in [-0.4, -0.2) is 26.4 Å². The molecule has 0 spiro atoms. The molecular formula is C16H16F3N3O2. The summed E-state index contributed by atoms with van der Waals surface area (Å²) in [5.74, 6) is -0.511. The van der Waals surface area contributed by atoms with Crippen LogP contribution in [0.1, 0.15) is 31.2 Å². The third-order valence-corrected chi connectivity index (χ3v) is 4.13. The molecule has 1 saturated carbocycles. The number of benzene rings is 1. The van der Waals surface area contributed by atoms with Gasteiger partial charge < -0.3 is 10.4 Å². The summed E-state index contributed by atoms with van der Waals surface area (Å²) in [4.78, 5) is 12.1. The van der Waals surface area contributed by atoms with Gasteiger partial charge in [0.25, 0.3) is 5.91 Å². The van der Waals surface area contributed by atoms with Crippen LogP contribution in [-0.2, 0) is 11.0 Å². The summed E-state index contributed by atoms with van der Waals surface area (Å²) in [5.41, 5.74) is -1.61. The largest absolute Gasteiger partial charge is 0.416 e. The van der Waals surface area contributed by atoms with E-state index in [4.69, 9.17) is 0 Å². The third kappa shape index (κ3) is 3.28. The molecule has 3 rings (SSSR count). The molecule has 0 saturated heterocycles. The van der Waals surface area contributed by atoms with E-state index in [2.05, 4.69) is 10.4 Å². The maximum atomic E-state index is 12.8. The summed E-state index contributed by atoms with van der Waals surface area (Å²) in [5, 5.41) is 16.7. The van der Waals surface area contributed by atoms with E-state index in [0.717, 1.165) is 25.0 Å². The van der Waals surface area contributed by atoms with Crippen molar-refractivity contribution in [2.24, 2.45) is 0 Å². The van der Waals surface area contributed by atoms with Crippen molar-refractivity contribution in [3.8, 4) is 5.69 Å². The first-order valence-corrected chi connectivity index (χ1v) is 7.54. The summed E-state index contributed by atoms with van der Waals surface area (Å²) in [6.45, 7) is 0. The number of hydrogen-bond acceptors (Lipinski definition) is 3. The Balaban J connectivity index is 1.77. The summed E-state index contributed by atoms with van der Waals surface area (Å²) in [7, 11) is 0. The van der Waals surface area contributed by atoms with E-state index in [1.54, 1.807) is 0 Å². The third-order valence-electron chi connectivity index (χ3n) is 4.13. The molecule has 0 unspecified atom stereocenters. The number of alkyl halides is 3. The van der Waals surface area contributed by atoms with E-state index in [1.807, 2.05) is 0 Å². The van der Waals surface area contributed by atoms with Crippen LogP contribution < -0.4 is 5.32 Å². The standard InChI is InChI=1S/C16H16F3N3O2/c17-16(18,19)11-4-3-5-13(8-11)22-10-12(9-20-22)21-14(23)15(24)6-1-2-7-15/h3-5,8-10,24H,1-2,6-7H2,(H,21,23). The van der Waals surface area contributed by atoms with E-state index in [9.17, 15) is 23.1 Å². The lowest BCUT2D eigenvalue weighted by atomic mass is 10.0. The zero-order valence-electron chi connectivity index (χ0n) is 12.7. The van der Waals surface area contributed by atoms with Crippen molar-refractivity contribution in [2.45, 2.75) is 37.5 Å².